The molecule has 0 amide bonds. The van der Waals surface area contributed by atoms with Crippen LogP contribution >= 0.6 is 23.2 Å². The van der Waals surface area contributed by atoms with E-state index in [1.165, 1.54) is 55.4 Å². The van der Waals surface area contributed by atoms with Gasteiger partial charge < -0.3 is 9.64 Å². The molecule has 0 fully saturated rings. The van der Waals surface area contributed by atoms with E-state index in [9.17, 15) is 0 Å². The van der Waals surface area contributed by atoms with Crippen LogP contribution in [0.1, 0.15) is 70.4 Å². The molecule has 0 atom stereocenters. The van der Waals surface area contributed by atoms with Gasteiger partial charge in [0.1, 0.15) is 17.8 Å². The molecule has 242 valence electrons. The Balaban J connectivity index is 1.39. The average molecular weight is 669 g/mol. The molecule has 4 heterocycles. The zero-order valence-electron chi connectivity index (χ0n) is 27.2. The van der Waals surface area contributed by atoms with Gasteiger partial charge in [-0.2, -0.15) is 0 Å². The van der Waals surface area contributed by atoms with Crippen molar-refractivity contribution in [3.8, 4) is 28.5 Å². The van der Waals surface area contributed by atoms with Crippen molar-refractivity contribution in [2.45, 2.75) is 64.7 Å². The van der Waals surface area contributed by atoms with Crippen molar-refractivity contribution in [2.75, 3.05) is 18.6 Å². The first kappa shape index (κ1) is 32.6. The first-order chi connectivity index (χ1) is 22.8. The Labute approximate surface area is 285 Å². The van der Waals surface area contributed by atoms with Crippen LogP contribution in [-0.4, -0.2) is 43.4 Å². The molecule has 0 radical (unpaired) electrons. The average Bonchev–Trinajstić information content (AvgIpc) is 3.70. The van der Waals surface area contributed by atoms with E-state index in [0.29, 0.717) is 27.2 Å². The van der Waals surface area contributed by atoms with Gasteiger partial charge in [0.25, 0.3) is 0 Å². The fraction of sp³-hybridized carbons (Fsp3) is 0.324. The number of rotatable bonds is 12. The van der Waals surface area contributed by atoms with E-state index < -0.39 is 0 Å². The summed E-state index contributed by atoms with van der Waals surface area (Å²) in [6.45, 7) is 7.77. The van der Waals surface area contributed by atoms with Crippen LogP contribution in [-0.2, 0) is 5.41 Å². The van der Waals surface area contributed by atoms with E-state index in [0.717, 1.165) is 35.5 Å². The van der Waals surface area contributed by atoms with Crippen molar-refractivity contribution in [3.63, 3.8) is 0 Å². The summed E-state index contributed by atoms with van der Waals surface area (Å²) in [6, 6.07) is 13.6. The molecule has 10 heteroatoms. The molecule has 0 bridgehead atoms. The predicted molar refractivity (Wildman–Crippen MR) is 191 cm³/mol. The molecule has 3 aromatic heterocycles. The summed E-state index contributed by atoms with van der Waals surface area (Å²) in [5.41, 5.74) is 10.5. The summed E-state index contributed by atoms with van der Waals surface area (Å²) in [5, 5.41) is 13.4. The second kappa shape index (κ2) is 14.2. The number of benzene rings is 2. The molecule has 0 unspecified atom stereocenters. The lowest BCUT2D eigenvalue weighted by molar-refractivity contribution is 0.413. The number of nitrogens with zero attached hydrogens (tertiary/aromatic N) is 6. The lowest BCUT2D eigenvalue weighted by Gasteiger charge is -2.27. The molecule has 1 N–H and O–H groups in total. The van der Waals surface area contributed by atoms with Gasteiger partial charge in [0.15, 0.2) is 5.65 Å². The number of hydrogen-bond donors (Lipinski definition) is 1. The minimum atomic E-state index is -0.215. The van der Waals surface area contributed by atoms with Crippen LogP contribution in [0.15, 0.2) is 78.6 Å². The lowest BCUT2D eigenvalue weighted by atomic mass is 9.83. The number of H-pyrrole nitrogens is 1. The van der Waals surface area contributed by atoms with Gasteiger partial charge in [-0.05, 0) is 72.7 Å². The highest BCUT2D eigenvalue weighted by molar-refractivity contribution is 6.36. The molecule has 0 saturated heterocycles. The van der Waals surface area contributed by atoms with Gasteiger partial charge in [0.2, 0.25) is 5.82 Å². The maximum Gasteiger partial charge on any atom is 0.202 e. The number of fused-ring (bicyclic) bond motifs is 2. The molecule has 8 nitrogen and oxygen atoms in total. The van der Waals surface area contributed by atoms with Crippen LogP contribution in [0.2, 0.25) is 10.0 Å². The summed E-state index contributed by atoms with van der Waals surface area (Å²) in [4.78, 5) is 10.9. The second-order valence-corrected chi connectivity index (χ2v) is 13.1. The summed E-state index contributed by atoms with van der Waals surface area (Å²) < 4.78 is 7.41. The van der Waals surface area contributed by atoms with Crippen molar-refractivity contribution in [2.24, 2.45) is 0 Å². The number of unbranched alkanes of at least 4 members (excludes halogenated alkanes) is 5. The SMILES string of the molecule is CCCCCCCCN1C(=CC=C=Cc2c(-c3ccc(Cl)cc3Cl)[nH]n3c(-c4ccncn4)nnc23)C(C)(C)c2cc(OC)ccc21. The minimum absolute atomic E-state index is 0.215. The number of nitrogens with one attached hydrogen (secondary N) is 1. The number of allylic oxidation sites excluding steroid dienone is 3. The normalized spacial score (nSPS) is 14.4. The van der Waals surface area contributed by atoms with E-state index in [4.69, 9.17) is 27.9 Å². The second-order valence-electron chi connectivity index (χ2n) is 12.3. The third-order valence-electron chi connectivity index (χ3n) is 8.81. The van der Waals surface area contributed by atoms with Crippen molar-refractivity contribution >= 4 is 40.6 Å². The Morgan fingerprint density at radius 3 is 2.60 bits per heavy atom. The number of ether oxygens (including phenoxy) is 1. The molecule has 0 saturated carbocycles. The highest BCUT2D eigenvalue weighted by atomic mass is 35.5. The quantitative estimate of drug-likeness (QED) is 0.105. The Hall–Kier alpha value is -4.36. The van der Waals surface area contributed by atoms with Gasteiger partial charge >= 0.3 is 0 Å². The Morgan fingerprint density at radius 1 is 1.00 bits per heavy atom. The molecule has 0 aliphatic carbocycles. The van der Waals surface area contributed by atoms with Crippen LogP contribution in [0.25, 0.3) is 34.5 Å². The maximum absolute atomic E-state index is 6.69. The molecule has 5 aromatic rings. The topological polar surface area (TPSA) is 84.2 Å². The molecule has 1 aliphatic rings. The summed E-state index contributed by atoms with van der Waals surface area (Å²) in [5.74, 6) is 1.43. The zero-order chi connectivity index (χ0) is 33.0. The number of anilines is 1. The number of hydrogen-bond acceptors (Lipinski definition) is 6. The molecular weight excluding hydrogens is 629 g/mol. The molecular formula is C37H39Cl2N7O. The smallest absolute Gasteiger partial charge is 0.202 e. The fourth-order valence-corrected chi connectivity index (χ4v) is 6.81. The standard InChI is InChI=1S/C37H39Cl2N7O/c1-5-6-7-8-9-12-21-45-32-18-16-26(47-4)23-29(32)37(2,3)33(45)14-11-10-13-28-34(27-17-15-25(38)22-30(27)39)44-46-35(28)42-43-36(46)31-19-20-40-24-41-31/h11,13-20,22-24,44H,5-9,12,21H2,1-4H3. The monoisotopic (exact) mass is 667 g/mol. The third-order valence-corrected chi connectivity index (χ3v) is 9.36. The van der Waals surface area contributed by atoms with Crippen LogP contribution in [0.4, 0.5) is 5.69 Å². The summed E-state index contributed by atoms with van der Waals surface area (Å²) >= 11 is 12.9. The first-order valence-corrected chi connectivity index (χ1v) is 16.9. The zero-order valence-corrected chi connectivity index (χ0v) is 28.7. The van der Waals surface area contributed by atoms with Crippen LogP contribution in [0.3, 0.4) is 0 Å². The van der Waals surface area contributed by atoms with Gasteiger partial charge in [-0.25, -0.2) is 14.5 Å². The van der Waals surface area contributed by atoms with Crippen molar-refractivity contribution in [3.05, 3.63) is 99.7 Å². The van der Waals surface area contributed by atoms with E-state index in [2.05, 4.69) is 80.9 Å². The van der Waals surface area contributed by atoms with E-state index in [1.54, 1.807) is 30.0 Å². The van der Waals surface area contributed by atoms with Gasteiger partial charge in [0.05, 0.1) is 23.4 Å². The van der Waals surface area contributed by atoms with E-state index >= 15 is 0 Å². The molecule has 47 heavy (non-hydrogen) atoms. The number of aromatic amines is 1. The van der Waals surface area contributed by atoms with Crippen LogP contribution < -0.4 is 9.64 Å². The van der Waals surface area contributed by atoms with Crippen molar-refractivity contribution in [1.29, 1.82) is 0 Å². The largest absolute Gasteiger partial charge is 0.497 e. The molecule has 6 rings (SSSR count). The molecule has 2 aromatic carbocycles. The minimum Gasteiger partial charge on any atom is -0.497 e. The van der Waals surface area contributed by atoms with Crippen molar-refractivity contribution < 1.29 is 4.74 Å². The van der Waals surface area contributed by atoms with Crippen LogP contribution in [0.5, 0.6) is 5.75 Å². The van der Waals surface area contributed by atoms with Gasteiger partial charge in [0, 0.05) is 40.1 Å². The number of halogens is 2. The molecule has 1 aliphatic heterocycles. The van der Waals surface area contributed by atoms with Crippen molar-refractivity contribution in [1.82, 2.24) is 29.8 Å². The highest BCUT2D eigenvalue weighted by Gasteiger charge is 2.39. The van der Waals surface area contributed by atoms with Crippen LogP contribution in [0, 0.1) is 0 Å². The Bertz CT molecular complexity index is 1970. The van der Waals surface area contributed by atoms with Gasteiger partial charge in [-0.15, -0.1) is 15.9 Å². The Morgan fingerprint density at radius 2 is 1.83 bits per heavy atom. The third kappa shape index (κ3) is 6.59. The highest BCUT2D eigenvalue weighted by Crippen LogP contribution is 2.49. The number of methoxy groups -OCH3 is 1. The lowest BCUT2D eigenvalue weighted by Crippen LogP contribution is -2.27. The summed E-state index contributed by atoms with van der Waals surface area (Å²) in [6.07, 6.45) is 16.7. The molecule has 0 spiro atoms. The predicted octanol–water partition coefficient (Wildman–Crippen LogP) is 9.71. The van der Waals surface area contributed by atoms with E-state index in [1.807, 2.05) is 24.3 Å². The fourth-order valence-electron chi connectivity index (χ4n) is 6.30. The van der Waals surface area contributed by atoms with Gasteiger partial charge in [-0.3, -0.25) is 5.10 Å². The summed E-state index contributed by atoms with van der Waals surface area (Å²) in [7, 11) is 1.72. The Kier molecular flexibility index (Phi) is 9.83. The van der Waals surface area contributed by atoms with E-state index in [-0.39, 0.29) is 5.41 Å². The first-order valence-electron chi connectivity index (χ1n) is 16.1. The maximum atomic E-state index is 6.69. The van der Waals surface area contributed by atoms with Gasteiger partial charge in [-0.1, -0.05) is 76.1 Å². The number of aromatic nitrogens is 6.